The summed E-state index contributed by atoms with van der Waals surface area (Å²) < 4.78 is 0. The Bertz CT molecular complexity index is 211. The maximum atomic E-state index is 11.5. The summed E-state index contributed by atoms with van der Waals surface area (Å²) in [5.41, 5.74) is 0.122. The number of amides is 2. The van der Waals surface area contributed by atoms with Crippen LogP contribution in [0.4, 0.5) is 4.79 Å². The molecular weight excluding hydrogens is 166 g/mol. The lowest BCUT2D eigenvalue weighted by Gasteiger charge is -2.39. The van der Waals surface area contributed by atoms with Crippen molar-refractivity contribution in [1.82, 2.24) is 15.5 Å². The standard InChI is InChI=1S/C9H17N3O/c1-2-12-8(13)11-7-9(12)3-5-10-6-4-9/h10H,2-7H2,1H3,(H,11,13). The summed E-state index contributed by atoms with van der Waals surface area (Å²) in [5.74, 6) is 0. The number of likely N-dealkylation sites (N-methyl/N-ethyl adjacent to an activating group) is 1. The predicted octanol–water partition coefficient (Wildman–Crippen LogP) is 0.154. The van der Waals surface area contributed by atoms with Gasteiger partial charge in [0.2, 0.25) is 0 Å². The minimum absolute atomic E-state index is 0.115. The molecule has 4 nitrogen and oxygen atoms in total. The Morgan fingerprint density at radius 1 is 1.46 bits per heavy atom. The van der Waals surface area contributed by atoms with E-state index in [2.05, 4.69) is 17.6 Å². The lowest BCUT2D eigenvalue weighted by molar-refractivity contribution is 0.130. The first kappa shape index (κ1) is 8.81. The van der Waals surface area contributed by atoms with E-state index >= 15 is 0 Å². The van der Waals surface area contributed by atoms with Crippen LogP contribution in [-0.4, -0.2) is 42.6 Å². The SMILES string of the molecule is CCN1C(=O)NCC12CCNCC2. The van der Waals surface area contributed by atoms with Crippen LogP contribution < -0.4 is 10.6 Å². The minimum Gasteiger partial charge on any atom is -0.336 e. The maximum Gasteiger partial charge on any atom is 0.317 e. The molecule has 2 fully saturated rings. The van der Waals surface area contributed by atoms with Crippen molar-refractivity contribution in [2.24, 2.45) is 0 Å². The van der Waals surface area contributed by atoms with Crippen LogP contribution in [0.1, 0.15) is 19.8 Å². The van der Waals surface area contributed by atoms with E-state index in [1.807, 2.05) is 4.90 Å². The summed E-state index contributed by atoms with van der Waals surface area (Å²) in [7, 11) is 0. The number of nitrogens with one attached hydrogen (secondary N) is 2. The molecule has 0 radical (unpaired) electrons. The van der Waals surface area contributed by atoms with Crippen molar-refractivity contribution < 1.29 is 4.79 Å². The van der Waals surface area contributed by atoms with Crippen molar-refractivity contribution in [3.8, 4) is 0 Å². The van der Waals surface area contributed by atoms with Crippen LogP contribution in [0.3, 0.4) is 0 Å². The summed E-state index contributed by atoms with van der Waals surface area (Å²) >= 11 is 0. The number of nitrogens with zero attached hydrogens (tertiary/aromatic N) is 1. The molecule has 0 unspecified atom stereocenters. The zero-order valence-electron chi connectivity index (χ0n) is 8.10. The Labute approximate surface area is 78.7 Å². The second kappa shape index (κ2) is 3.18. The van der Waals surface area contributed by atoms with Gasteiger partial charge in [0, 0.05) is 13.1 Å². The van der Waals surface area contributed by atoms with Crippen LogP contribution >= 0.6 is 0 Å². The molecular formula is C9H17N3O. The molecule has 1 spiro atoms. The molecule has 2 aliphatic heterocycles. The summed E-state index contributed by atoms with van der Waals surface area (Å²) in [6, 6.07) is 0.115. The lowest BCUT2D eigenvalue weighted by Crippen LogP contribution is -2.53. The van der Waals surface area contributed by atoms with E-state index in [1.165, 1.54) is 0 Å². The Morgan fingerprint density at radius 2 is 2.15 bits per heavy atom. The molecule has 4 heteroatoms. The number of carbonyl (C=O) groups excluding carboxylic acids is 1. The van der Waals surface area contributed by atoms with E-state index in [-0.39, 0.29) is 11.6 Å². The quantitative estimate of drug-likeness (QED) is 0.608. The van der Waals surface area contributed by atoms with Crippen molar-refractivity contribution in [2.75, 3.05) is 26.2 Å². The van der Waals surface area contributed by atoms with E-state index in [9.17, 15) is 4.79 Å². The maximum absolute atomic E-state index is 11.5. The van der Waals surface area contributed by atoms with Gasteiger partial charge in [-0.2, -0.15) is 0 Å². The molecule has 0 aromatic carbocycles. The molecule has 2 rings (SSSR count). The van der Waals surface area contributed by atoms with Crippen molar-refractivity contribution in [1.29, 1.82) is 0 Å². The average Bonchev–Trinajstić information content (AvgIpc) is 2.45. The lowest BCUT2D eigenvalue weighted by atomic mass is 9.88. The highest BCUT2D eigenvalue weighted by atomic mass is 16.2. The van der Waals surface area contributed by atoms with Gasteiger partial charge in [0.25, 0.3) is 0 Å². The Morgan fingerprint density at radius 3 is 2.77 bits per heavy atom. The highest BCUT2D eigenvalue weighted by Gasteiger charge is 2.44. The third kappa shape index (κ3) is 1.29. The summed E-state index contributed by atoms with van der Waals surface area (Å²) in [5, 5.41) is 6.27. The molecule has 0 aromatic heterocycles. The van der Waals surface area contributed by atoms with Gasteiger partial charge in [0.05, 0.1) is 5.54 Å². The van der Waals surface area contributed by atoms with E-state index in [4.69, 9.17) is 0 Å². The number of piperidine rings is 1. The highest BCUT2D eigenvalue weighted by Crippen LogP contribution is 2.29. The summed E-state index contributed by atoms with van der Waals surface area (Å²) in [6.45, 7) is 5.78. The van der Waals surface area contributed by atoms with Crippen molar-refractivity contribution in [3.05, 3.63) is 0 Å². The third-order valence-corrected chi connectivity index (χ3v) is 3.24. The van der Waals surface area contributed by atoms with E-state index < -0.39 is 0 Å². The average molecular weight is 183 g/mol. The van der Waals surface area contributed by atoms with Crippen LogP contribution in [-0.2, 0) is 0 Å². The van der Waals surface area contributed by atoms with Gasteiger partial charge in [0.1, 0.15) is 0 Å². The molecule has 2 heterocycles. The van der Waals surface area contributed by atoms with Gasteiger partial charge in [-0.25, -0.2) is 4.79 Å². The van der Waals surface area contributed by atoms with Gasteiger partial charge in [-0.3, -0.25) is 0 Å². The Kier molecular flexibility index (Phi) is 2.15. The number of hydrogen-bond acceptors (Lipinski definition) is 2. The molecule has 13 heavy (non-hydrogen) atoms. The second-order valence-corrected chi connectivity index (χ2v) is 3.88. The van der Waals surface area contributed by atoms with Crippen molar-refractivity contribution in [3.63, 3.8) is 0 Å². The van der Waals surface area contributed by atoms with Crippen LogP contribution in [0.25, 0.3) is 0 Å². The molecule has 2 N–H and O–H groups in total. The van der Waals surface area contributed by atoms with Gasteiger partial charge in [-0.15, -0.1) is 0 Å². The fraction of sp³-hybridized carbons (Fsp3) is 0.889. The molecule has 74 valence electrons. The Hall–Kier alpha value is -0.770. The largest absolute Gasteiger partial charge is 0.336 e. The van der Waals surface area contributed by atoms with Gasteiger partial charge < -0.3 is 15.5 Å². The molecule has 2 amide bonds. The molecule has 0 aromatic rings. The smallest absolute Gasteiger partial charge is 0.317 e. The van der Waals surface area contributed by atoms with Crippen LogP contribution in [0, 0.1) is 0 Å². The van der Waals surface area contributed by atoms with E-state index in [0.717, 1.165) is 39.0 Å². The summed E-state index contributed by atoms with van der Waals surface area (Å²) in [4.78, 5) is 13.5. The first-order valence-electron chi connectivity index (χ1n) is 5.05. The highest BCUT2D eigenvalue weighted by molar-refractivity contribution is 5.77. The monoisotopic (exact) mass is 183 g/mol. The van der Waals surface area contributed by atoms with Gasteiger partial charge in [-0.05, 0) is 32.9 Å². The fourth-order valence-corrected chi connectivity index (χ4v) is 2.46. The normalized spacial score (nSPS) is 26.5. The van der Waals surface area contributed by atoms with Crippen molar-refractivity contribution >= 4 is 6.03 Å². The van der Waals surface area contributed by atoms with Gasteiger partial charge >= 0.3 is 6.03 Å². The zero-order valence-corrected chi connectivity index (χ0v) is 8.10. The van der Waals surface area contributed by atoms with E-state index in [1.54, 1.807) is 0 Å². The fourth-order valence-electron chi connectivity index (χ4n) is 2.46. The molecule has 2 saturated heterocycles. The minimum atomic E-state index is 0.115. The van der Waals surface area contributed by atoms with Crippen LogP contribution in [0.5, 0.6) is 0 Å². The molecule has 0 aliphatic carbocycles. The van der Waals surface area contributed by atoms with E-state index in [0.29, 0.717) is 0 Å². The van der Waals surface area contributed by atoms with Crippen LogP contribution in [0.15, 0.2) is 0 Å². The molecule has 0 saturated carbocycles. The number of urea groups is 1. The molecule has 2 aliphatic rings. The predicted molar refractivity (Wildman–Crippen MR) is 50.6 cm³/mol. The number of hydrogen-bond donors (Lipinski definition) is 2. The second-order valence-electron chi connectivity index (χ2n) is 3.88. The van der Waals surface area contributed by atoms with Crippen molar-refractivity contribution in [2.45, 2.75) is 25.3 Å². The van der Waals surface area contributed by atoms with Gasteiger partial charge in [0.15, 0.2) is 0 Å². The Balaban J connectivity index is 2.15. The first-order chi connectivity index (χ1) is 6.28. The van der Waals surface area contributed by atoms with Crippen LogP contribution in [0.2, 0.25) is 0 Å². The zero-order chi connectivity index (χ0) is 9.31. The summed E-state index contributed by atoms with van der Waals surface area (Å²) in [6.07, 6.45) is 2.17. The topological polar surface area (TPSA) is 44.4 Å². The number of rotatable bonds is 1. The molecule has 0 bridgehead atoms. The number of carbonyl (C=O) groups is 1. The molecule has 0 atom stereocenters. The third-order valence-electron chi connectivity index (χ3n) is 3.24. The van der Waals surface area contributed by atoms with Gasteiger partial charge in [-0.1, -0.05) is 0 Å². The first-order valence-corrected chi connectivity index (χ1v) is 5.05.